The second kappa shape index (κ2) is 4.74. The molecule has 0 unspecified atom stereocenters. The Labute approximate surface area is 125 Å². The van der Waals surface area contributed by atoms with E-state index in [0.29, 0.717) is 5.46 Å². The van der Waals surface area contributed by atoms with E-state index in [0.717, 1.165) is 11.2 Å². The minimum atomic E-state index is -1.43. The van der Waals surface area contributed by atoms with Gasteiger partial charge in [-0.05, 0) is 35.1 Å². The molecule has 0 aliphatic carbocycles. The molecule has 4 aromatic rings. The standard InChI is InChI=1S/C16H12BNO2S/c19-17(20)11-5-7-12(8-6-11)18-15-4-2-1-3-13(15)14-9-10-21-16(14)18/h1-10,19-20H. The van der Waals surface area contributed by atoms with Crippen LogP contribution in [0.3, 0.4) is 0 Å². The predicted molar refractivity (Wildman–Crippen MR) is 88.5 cm³/mol. The van der Waals surface area contributed by atoms with E-state index in [4.69, 9.17) is 0 Å². The third kappa shape index (κ3) is 1.90. The minimum Gasteiger partial charge on any atom is -0.423 e. The highest BCUT2D eigenvalue weighted by Crippen LogP contribution is 2.34. The van der Waals surface area contributed by atoms with E-state index in [-0.39, 0.29) is 0 Å². The maximum Gasteiger partial charge on any atom is 0.488 e. The third-order valence-electron chi connectivity index (χ3n) is 3.73. The Hall–Kier alpha value is -2.08. The summed E-state index contributed by atoms with van der Waals surface area (Å²) in [5.74, 6) is 0. The molecule has 5 heteroatoms. The van der Waals surface area contributed by atoms with Crippen molar-refractivity contribution in [1.29, 1.82) is 0 Å². The Morgan fingerprint density at radius 2 is 1.62 bits per heavy atom. The molecule has 2 aromatic heterocycles. The zero-order chi connectivity index (χ0) is 14.4. The lowest BCUT2D eigenvalue weighted by Gasteiger charge is -2.07. The van der Waals surface area contributed by atoms with Gasteiger partial charge in [-0.15, -0.1) is 11.3 Å². The molecule has 2 aromatic carbocycles. The van der Waals surface area contributed by atoms with Crippen LogP contribution < -0.4 is 5.46 Å². The van der Waals surface area contributed by atoms with Crippen molar-refractivity contribution >= 4 is 45.0 Å². The normalized spacial score (nSPS) is 11.3. The third-order valence-corrected chi connectivity index (χ3v) is 4.63. The van der Waals surface area contributed by atoms with Crippen molar-refractivity contribution in [2.75, 3.05) is 0 Å². The van der Waals surface area contributed by atoms with E-state index in [9.17, 15) is 10.0 Å². The van der Waals surface area contributed by atoms with Gasteiger partial charge in [-0.3, -0.25) is 0 Å². The maximum atomic E-state index is 9.21. The van der Waals surface area contributed by atoms with Gasteiger partial charge in [0.05, 0.1) is 5.52 Å². The van der Waals surface area contributed by atoms with Gasteiger partial charge in [0.25, 0.3) is 0 Å². The largest absolute Gasteiger partial charge is 0.488 e. The Morgan fingerprint density at radius 3 is 2.38 bits per heavy atom. The summed E-state index contributed by atoms with van der Waals surface area (Å²) in [5.41, 5.74) is 2.68. The van der Waals surface area contributed by atoms with Crippen LogP contribution in [0.1, 0.15) is 0 Å². The molecular weight excluding hydrogens is 281 g/mol. The van der Waals surface area contributed by atoms with Crippen LogP contribution in [0, 0.1) is 0 Å². The monoisotopic (exact) mass is 293 g/mol. The smallest absolute Gasteiger partial charge is 0.423 e. The van der Waals surface area contributed by atoms with E-state index in [1.807, 2.05) is 18.2 Å². The lowest BCUT2D eigenvalue weighted by Crippen LogP contribution is -2.29. The first kappa shape index (κ1) is 12.6. The fraction of sp³-hybridized carbons (Fsp3) is 0. The summed E-state index contributed by atoms with van der Waals surface area (Å²) in [6.45, 7) is 0. The van der Waals surface area contributed by atoms with Gasteiger partial charge in [0.1, 0.15) is 4.83 Å². The highest BCUT2D eigenvalue weighted by atomic mass is 32.1. The van der Waals surface area contributed by atoms with Gasteiger partial charge in [0.2, 0.25) is 0 Å². The number of benzene rings is 2. The fourth-order valence-corrected chi connectivity index (χ4v) is 3.68. The molecule has 0 bridgehead atoms. The number of aromatic nitrogens is 1. The molecule has 0 aliphatic heterocycles. The Balaban J connectivity index is 2.01. The molecule has 0 aliphatic rings. The lowest BCUT2D eigenvalue weighted by molar-refractivity contribution is 0.426. The second-order valence-electron chi connectivity index (χ2n) is 4.96. The van der Waals surface area contributed by atoms with Crippen molar-refractivity contribution in [3.05, 3.63) is 60.0 Å². The number of fused-ring (bicyclic) bond motifs is 3. The predicted octanol–water partition coefficient (Wildman–Crippen LogP) is 2.53. The number of thiophene rings is 1. The number of para-hydroxylation sites is 1. The average Bonchev–Trinajstić information content (AvgIpc) is 3.07. The number of rotatable bonds is 2. The highest BCUT2D eigenvalue weighted by molar-refractivity contribution is 7.17. The van der Waals surface area contributed by atoms with Crippen molar-refractivity contribution < 1.29 is 10.0 Å². The van der Waals surface area contributed by atoms with Gasteiger partial charge < -0.3 is 14.6 Å². The summed E-state index contributed by atoms with van der Waals surface area (Å²) in [5, 5.41) is 23.0. The van der Waals surface area contributed by atoms with E-state index in [2.05, 4.69) is 34.2 Å². The van der Waals surface area contributed by atoms with Crippen LogP contribution in [0.4, 0.5) is 0 Å². The first-order valence-electron chi connectivity index (χ1n) is 6.69. The van der Waals surface area contributed by atoms with Crippen LogP contribution in [0.2, 0.25) is 0 Å². The van der Waals surface area contributed by atoms with Gasteiger partial charge in [-0.25, -0.2) is 0 Å². The fourth-order valence-electron chi connectivity index (χ4n) is 2.74. The number of hydrogen-bond acceptors (Lipinski definition) is 3. The van der Waals surface area contributed by atoms with E-state index < -0.39 is 7.12 Å². The topological polar surface area (TPSA) is 45.4 Å². The molecule has 0 fully saturated rings. The molecule has 2 heterocycles. The summed E-state index contributed by atoms with van der Waals surface area (Å²) >= 11 is 1.71. The van der Waals surface area contributed by atoms with E-state index >= 15 is 0 Å². The Kier molecular flexibility index (Phi) is 2.85. The zero-order valence-corrected chi connectivity index (χ0v) is 11.9. The quantitative estimate of drug-likeness (QED) is 0.558. The molecule has 2 N–H and O–H groups in total. The van der Waals surface area contributed by atoms with Gasteiger partial charge in [0.15, 0.2) is 0 Å². The van der Waals surface area contributed by atoms with Crippen LogP contribution in [-0.4, -0.2) is 21.7 Å². The molecule has 4 rings (SSSR count). The van der Waals surface area contributed by atoms with Crippen molar-refractivity contribution in [2.45, 2.75) is 0 Å². The molecule has 0 spiro atoms. The Bertz CT molecular complexity index is 924. The van der Waals surface area contributed by atoms with Gasteiger partial charge in [-0.2, -0.15) is 0 Å². The van der Waals surface area contributed by atoms with Crippen LogP contribution in [0.25, 0.3) is 26.8 Å². The van der Waals surface area contributed by atoms with Crippen molar-refractivity contribution in [3.8, 4) is 5.69 Å². The first-order chi connectivity index (χ1) is 10.3. The van der Waals surface area contributed by atoms with Gasteiger partial charge >= 0.3 is 7.12 Å². The molecule has 3 nitrogen and oxygen atoms in total. The molecule has 21 heavy (non-hydrogen) atoms. The van der Waals surface area contributed by atoms with E-state index in [1.54, 1.807) is 23.5 Å². The molecule has 0 atom stereocenters. The number of hydrogen-bond donors (Lipinski definition) is 2. The van der Waals surface area contributed by atoms with Crippen LogP contribution >= 0.6 is 11.3 Å². The molecule has 102 valence electrons. The summed E-state index contributed by atoms with van der Waals surface area (Å²) in [6, 6.07) is 17.8. The van der Waals surface area contributed by atoms with E-state index in [1.165, 1.54) is 15.6 Å². The Morgan fingerprint density at radius 1 is 0.857 bits per heavy atom. The molecule has 0 saturated carbocycles. The summed E-state index contributed by atoms with van der Waals surface area (Å²) in [6.07, 6.45) is 0. The van der Waals surface area contributed by atoms with Gasteiger partial charge in [-0.1, -0.05) is 30.3 Å². The summed E-state index contributed by atoms with van der Waals surface area (Å²) in [7, 11) is -1.43. The van der Waals surface area contributed by atoms with Gasteiger partial charge in [0, 0.05) is 16.5 Å². The summed E-state index contributed by atoms with van der Waals surface area (Å²) in [4.78, 5) is 1.20. The lowest BCUT2D eigenvalue weighted by atomic mass is 9.80. The number of nitrogens with zero attached hydrogens (tertiary/aromatic N) is 1. The molecular formula is C16H12BNO2S. The van der Waals surface area contributed by atoms with Crippen LogP contribution in [0.5, 0.6) is 0 Å². The van der Waals surface area contributed by atoms with Crippen molar-refractivity contribution in [1.82, 2.24) is 4.57 Å². The first-order valence-corrected chi connectivity index (χ1v) is 7.57. The maximum absolute atomic E-state index is 9.21. The van der Waals surface area contributed by atoms with Crippen LogP contribution in [-0.2, 0) is 0 Å². The highest BCUT2D eigenvalue weighted by Gasteiger charge is 2.14. The summed E-state index contributed by atoms with van der Waals surface area (Å²) < 4.78 is 2.21. The molecule has 0 radical (unpaired) electrons. The minimum absolute atomic E-state index is 0.498. The molecule has 0 saturated heterocycles. The second-order valence-corrected chi connectivity index (χ2v) is 5.85. The van der Waals surface area contributed by atoms with Crippen molar-refractivity contribution in [2.24, 2.45) is 0 Å². The van der Waals surface area contributed by atoms with Crippen molar-refractivity contribution in [3.63, 3.8) is 0 Å². The average molecular weight is 293 g/mol. The van der Waals surface area contributed by atoms with Crippen LogP contribution in [0.15, 0.2) is 60.0 Å². The SMILES string of the molecule is OB(O)c1ccc(-n2c3ccccc3c3ccsc32)cc1. The molecule has 0 amide bonds. The zero-order valence-electron chi connectivity index (χ0n) is 11.1.